The van der Waals surface area contributed by atoms with Crippen molar-refractivity contribution in [2.75, 3.05) is 19.7 Å². The maximum absolute atomic E-state index is 5.89. The van der Waals surface area contributed by atoms with Gasteiger partial charge in [0.15, 0.2) is 0 Å². The van der Waals surface area contributed by atoms with E-state index in [4.69, 9.17) is 4.74 Å². The minimum absolute atomic E-state index is 0. The molecule has 1 saturated heterocycles. The minimum Gasteiger partial charge on any atom is -0.493 e. The summed E-state index contributed by atoms with van der Waals surface area (Å²) >= 11 is 0. The lowest BCUT2D eigenvalue weighted by Gasteiger charge is -2.22. The first-order valence-corrected chi connectivity index (χ1v) is 6.67. The lowest BCUT2D eigenvalue weighted by atomic mass is 9.97. The summed E-state index contributed by atoms with van der Waals surface area (Å²) in [4.78, 5) is 0. The van der Waals surface area contributed by atoms with Gasteiger partial charge in [0, 0.05) is 0 Å². The Kier molecular flexibility index (Phi) is 6.51. The summed E-state index contributed by atoms with van der Waals surface area (Å²) in [6.45, 7) is 7.46. The van der Waals surface area contributed by atoms with Crippen molar-refractivity contribution in [3.8, 4) is 5.75 Å². The molecule has 0 amide bonds. The zero-order valence-electron chi connectivity index (χ0n) is 11.4. The van der Waals surface area contributed by atoms with Crippen LogP contribution in [0.4, 0.5) is 0 Å². The van der Waals surface area contributed by atoms with Crippen LogP contribution in [0.3, 0.4) is 0 Å². The van der Waals surface area contributed by atoms with Crippen molar-refractivity contribution in [2.45, 2.75) is 33.1 Å². The zero-order chi connectivity index (χ0) is 12.1. The van der Waals surface area contributed by atoms with E-state index in [9.17, 15) is 0 Å². The number of halogens is 1. The molecule has 0 aliphatic carbocycles. The lowest BCUT2D eigenvalue weighted by Crippen LogP contribution is -2.30. The van der Waals surface area contributed by atoms with Gasteiger partial charge in [-0.15, -0.1) is 12.4 Å². The monoisotopic (exact) mass is 269 g/mol. The zero-order valence-corrected chi connectivity index (χ0v) is 12.2. The summed E-state index contributed by atoms with van der Waals surface area (Å²) in [6.07, 6.45) is 3.83. The molecule has 2 rings (SSSR count). The minimum atomic E-state index is 0. The van der Waals surface area contributed by atoms with E-state index in [1.165, 1.54) is 36.9 Å². The second-order valence-electron chi connectivity index (χ2n) is 5.05. The molecule has 1 heterocycles. The molecule has 18 heavy (non-hydrogen) atoms. The molecule has 0 spiro atoms. The summed E-state index contributed by atoms with van der Waals surface area (Å²) < 4.78 is 5.89. The van der Waals surface area contributed by atoms with Crippen molar-refractivity contribution in [3.63, 3.8) is 0 Å². The van der Waals surface area contributed by atoms with Crippen LogP contribution in [0.25, 0.3) is 0 Å². The van der Waals surface area contributed by atoms with E-state index in [1.807, 2.05) is 0 Å². The van der Waals surface area contributed by atoms with Crippen molar-refractivity contribution < 1.29 is 4.74 Å². The van der Waals surface area contributed by atoms with Gasteiger partial charge in [-0.3, -0.25) is 0 Å². The molecule has 1 aromatic carbocycles. The van der Waals surface area contributed by atoms with E-state index in [2.05, 4.69) is 37.4 Å². The molecule has 2 nitrogen and oxygen atoms in total. The normalized spacial score (nSPS) is 19.1. The van der Waals surface area contributed by atoms with Gasteiger partial charge in [0.2, 0.25) is 0 Å². The summed E-state index contributed by atoms with van der Waals surface area (Å²) in [5.41, 5.74) is 2.58. The Labute approximate surface area is 117 Å². The molecule has 0 radical (unpaired) electrons. The molecule has 1 aliphatic rings. The van der Waals surface area contributed by atoms with Crippen molar-refractivity contribution in [1.29, 1.82) is 0 Å². The van der Waals surface area contributed by atoms with E-state index in [0.717, 1.165) is 24.8 Å². The number of ether oxygens (including phenoxy) is 1. The van der Waals surface area contributed by atoms with Crippen LogP contribution in [-0.4, -0.2) is 19.7 Å². The fourth-order valence-corrected chi connectivity index (χ4v) is 2.39. The van der Waals surface area contributed by atoms with Crippen LogP contribution in [0.5, 0.6) is 5.75 Å². The van der Waals surface area contributed by atoms with Crippen LogP contribution < -0.4 is 10.1 Å². The average Bonchev–Trinajstić information content (AvgIpc) is 2.36. The topological polar surface area (TPSA) is 21.3 Å². The molecule has 1 fully saturated rings. The Hall–Kier alpha value is -0.730. The molecule has 1 unspecified atom stereocenters. The SMILES string of the molecule is Cc1cccc(OCCC2CCCNC2)c1C.Cl. The second kappa shape index (κ2) is 7.65. The van der Waals surface area contributed by atoms with Crippen LogP contribution in [-0.2, 0) is 0 Å². The van der Waals surface area contributed by atoms with E-state index >= 15 is 0 Å². The van der Waals surface area contributed by atoms with Crippen LogP contribution in [0.15, 0.2) is 18.2 Å². The Bertz CT molecular complexity index is 362. The second-order valence-corrected chi connectivity index (χ2v) is 5.05. The Balaban J connectivity index is 0.00000162. The Morgan fingerprint density at radius 3 is 2.89 bits per heavy atom. The number of piperidine rings is 1. The predicted molar refractivity (Wildman–Crippen MR) is 78.9 cm³/mol. The van der Waals surface area contributed by atoms with Crippen LogP contribution in [0, 0.1) is 19.8 Å². The van der Waals surface area contributed by atoms with Gasteiger partial charge in [0.1, 0.15) is 5.75 Å². The van der Waals surface area contributed by atoms with E-state index in [-0.39, 0.29) is 12.4 Å². The fraction of sp³-hybridized carbons (Fsp3) is 0.600. The van der Waals surface area contributed by atoms with Crippen LogP contribution in [0.2, 0.25) is 0 Å². The van der Waals surface area contributed by atoms with Crippen molar-refractivity contribution >= 4 is 12.4 Å². The molecular formula is C15H24ClNO. The lowest BCUT2D eigenvalue weighted by molar-refractivity contribution is 0.253. The summed E-state index contributed by atoms with van der Waals surface area (Å²) in [5.74, 6) is 1.85. The number of benzene rings is 1. The third-order valence-electron chi connectivity index (χ3n) is 3.74. The highest BCUT2D eigenvalue weighted by Crippen LogP contribution is 2.21. The average molecular weight is 270 g/mol. The molecule has 1 N–H and O–H groups in total. The van der Waals surface area contributed by atoms with Crippen molar-refractivity contribution in [1.82, 2.24) is 5.32 Å². The van der Waals surface area contributed by atoms with Crippen molar-refractivity contribution in [2.24, 2.45) is 5.92 Å². The first-order chi connectivity index (χ1) is 8.27. The maximum Gasteiger partial charge on any atom is 0.122 e. The maximum atomic E-state index is 5.89. The first kappa shape index (κ1) is 15.3. The van der Waals surface area contributed by atoms with Gasteiger partial charge in [-0.1, -0.05) is 12.1 Å². The number of hydrogen-bond acceptors (Lipinski definition) is 2. The third-order valence-corrected chi connectivity index (χ3v) is 3.74. The molecule has 0 bridgehead atoms. The first-order valence-electron chi connectivity index (χ1n) is 6.67. The van der Waals surface area contributed by atoms with Gasteiger partial charge in [-0.2, -0.15) is 0 Å². The van der Waals surface area contributed by atoms with Gasteiger partial charge in [0.05, 0.1) is 6.61 Å². The van der Waals surface area contributed by atoms with Gasteiger partial charge < -0.3 is 10.1 Å². The predicted octanol–water partition coefficient (Wildman–Crippen LogP) is 3.49. The van der Waals surface area contributed by atoms with Gasteiger partial charge in [-0.05, 0) is 69.3 Å². The highest BCUT2D eigenvalue weighted by molar-refractivity contribution is 5.85. The van der Waals surface area contributed by atoms with Crippen molar-refractivity contribution in [3.05, 3.63) is 29.3 Å². The van der Waals surface area contributed by atoms with E-state index in [0.29, 0.717) is 0 Å². The summed E-state index contributed by atoms with van der Waals surface area (Å²) in [7, 11) is 0. The third kappa shape index (κ3) is 4.18. The molecule has 1 atom stereocenters. The standard InChI is InChI=1S/C15H23NO.ClH/c1-12-5-3-7-15(13(12)2)17-10-8-14-6-4-9-16-11-14;/h3,5,7,14,16H,4,6,8-11H2,1-2H3;1H. The molecule has 0 aromatic heterocycles. The van der Waals surface area contributed by atoms with Gasteiger partial charge in [0.25, 0.3) is 0 Å². The number of rotatable bonds is 4. The summed E-state index contributed by atoms with van der Waals surface area (Å²) in [5, 5.41) is 3.45. The number of hydrogen-bond donors (Lipinski definition) is 1. The fourth-order valence-electron chi connectivity index (χ4n) is 2.39. The molecular weight excluding hydrogens is 246 g/mol. The van der Waals surface area contributed by atoms with E-state index in [1.54, 1.807) is 0 Å². The van der Waals surface area contributed by atoms with Crippen LogP contribution in [0.1, 0.15) is 30.4 Å². The number of nitrogens with one attached hydrogen (secondary N) is 1. The largest absolute Gasteiger partial charge is 0.493 e. The highest BCUT2D eigenvalue weighted by atomic mass is 35.5. The molecule has 0 saturated carbocycles. The molecule has 1 aromatic rings. The molecule has 3 heteroatoms. The van der Waals surface area contributed by atoms with Gasteiger partial charge in [-0.25, -0.2) is 0 Å². The van der Waals surface area contributed by atoms with Gasteiger partial charge >= 0.3 is 0 Å². The quantitative estimate of drug-likeness (QED) is 0.903. The number of aryl methyl sites for hydroxylation is 1. The van der Waals surface area contributed by atoms with Crippen LogP contribution >= 0.6 is 12.4 Å². The van der Waals surface area contributed by atoms with E-state index < -0.39 is 0 Å². The molecule has 102 valence electrons. The smallest absolute Gasteiger partial charge is 0.122 e. The Morgan fingerprint density at radius 1 is 1.33 bits per heavy atom. The molecule has 1 aliphatic heterocycles. The Morgan fingerprint density at radius 2 is 2.17 bits per heavy atom. The summed E-state index contributed by atoms with van der Waals surface area (Å²) in [6, 6.07) is 6.27. The highest BCUT2D eigenvalue weighted by Gasteiger charge is 2.12.